The quantitative estimate of drug-likeness (QED) is 0.128. The van der Waals surface area contributed by atoms with Crippen LogP contribution in [0, 0.1) is 12.8 Å². The lowest BCUT2D eigenvalue weighted by Gasteiger charge is -2.42. The van der Waals surface area contributed by atoms with Crippen molar-refractivity contribution in [1.29, 1.82) is 0 Å². The summed E-state index contributed by atoms with van der Waals surface area (Å²) in [6.45, 7) is 10.4. The monoisotopic (exact) mass is 793 g/mol. The number of hydrogen-bond acceptors (Lipinski definition) is 10. The molecule has 1 unspecified atom stereocenters. The van der Waals surface area contributed by atoms with Crippen LogP contribution in [0.4, 0.5) is 0 Å². The molecule has 1 fully saturated rings. The van der Waals surface area contributed by atoms with E-state index in [9.17, 15) is 14.4 Å². The SMILES string of the molecule is COc1ccccc1C(Cn1c(=O)n(C(C)(C)C(=O)CC(C)(C)[Si](O)(c2ccccc2)c2ccccc2)c(=O)c2c(C)c(-c3ncco3)sc21)OCC1COC1. The maximum absolute atomic E-state index is 15.1. The van der Waals surface area contributed by atoms with Crippen molar-refractivity contribution in [2.24, 2.45) is 5.92 Å². The lowest BCUT2D eigenvalue weighted by Crippen LogP contribution is -2.66. The maximum Gasteiger partial charge on any atom is 0.333 e. The molecule has 0 saturated carbocycles. The number of carbonyl (C=O) groups excluding carboxylic acids is 1. The molecule has 13 heteroatoms. The molecule has 7 rings (SSSR count). The highest BCUT2D eigenvalue weighted by Crippen LogP contribution is 2.42. The summed E-state index contributed by atoms with van der Waals surface area (Å²) in [5, 5.41) is 0.827. The van der Waals surface area contributed by atoms with Crippen LogP contribution < -0.4 is 26.4 Å². The first kappa shape index (κ1) is 39.3. The Labute approximate surface area is 330 Å². The van der Waals surface area contributed by atoms with Crippen molar-refractivity contribution < 1.29 is 28.2 Å². The van der Waals surface area contributed by atoms with Crippen LogP contribution >= 0.6 is 11.3 Å². The van der Waals surface area contributed by atoms with Gasteiger partial charge in [-0.05, 0) is 47.8 Å². The number of oxazole rings is 1. The fraction of sp³-hybridized carbons (Fsp3) is 0.349. The van der Waals surface area contributed by atoms with Gasteiger partial charge in [0.25, 0.3) is 13.9 Å². The number of rotatable bonds is 15. The summed E-state index contributed by atoms with van der Waals surface area (Å²) in [5.41, 5.74) is -1.57. The first-order chi connectivity index (χ1) is 26.8. The zero-order valence-electron chi connectivity index (χ0n) is 32.5. The van der Waals surface area contributed by atoms with Crippen LogP contribution in [0.3, 0.4) is 0 Å². The number of nitrogens with zero attached hydrogens (tertiary/aromatic N) is 3. The third-order valence-corrected chi connectivity index (χ3v) is 16.9. The highest BCUT2D eigenvalue weighted by molar-refractivity contribution is 7.22. The molecule has 292 valence electrons. The number of Topliss-reactive ketones (excluding diaryl/α,β-unsaturated/α-hetero) is 1. The molecular formula is C43H47N3O8SSi. The van der Waals surface area contributed by atoms with E-state index in [0.29, 0.717) is 46.7 Å². The Balaban J connectivity index is 1.37. The smallest absolute Gasteiger partial charge is 0.333 e. The lowest BCUT2D eigenvalue weighted by atomic mass is 9.91. The van der Waals surface area contributed by atoms with Gasteiger partial charge in [0, 0.05) is 17.9 Å². The number of ether oxygens (including phenoxy) is 3. The molecule has 4 heterocycles. The fourth-order valence-electron chi connectivity index (χ4n) is 7.69. The highest BCUT2D eigenvalue weighted by Gasteiger charge is 2.52. The number of aromatic nitrogens is 3. The van der Waals surface area contributed by atoms with Crippen molar-refractivity contribution >= 4 is 46.0 Å². The third-order valence-electron chi connectivity index (χ3n) is 11.1. The van der Waals surface area contributed by atoms with E-state index in [1.165, 1.54) is 28.4 Å². The number of thiophene rings is 1. The number of aryl methyl sites for hydroxylation is 1. The molecule has 1 saturated heterocycles. The maximum atomic E-state index is 15.1. The number of carbonyl (C=O) groups is 1. The minimum Gasteiger partial charge on any atom is -0.496 e. The van der Waals surface area contributed by atoms with Gasteiger partial charge < -0.3 is 23.4 Å². The highest BCUT2D eigenvalue weighted by atomic mass is 32.1. The molecular weight excluding hydrogens is 747 g/mol. The molecule has 0 spiro atoms. The topological polar surface area (TPSA) is 135 Å². The molecule has 0 amide bonds. The van der Waals surface area contributed by atoms with Gasteiger partial charge in [-0.1, -0.05) is 92.7 Å². The standard InChI is InChI=1S/C43H47N3O8SSi/c1-28-36-39(48)46(43(4,5)35(47)23-42(2,3)56(50,30-15-9-7-10-16-30)31-17-11-8-12-18-31)41(49)45(40(36)55-37(28)38-44-21-22-53-38)24-34(54-27-29-25-52-26-29)32-19-13-14-20-33(32)51-6/h7-22,29,34,50H,23-27H2,1-6H3. The second-order valence-electron chi connectivity index (χ2n) is 15.6. The van der Waals surface area contributed by atoms with Crippen LogP contribution in [0.1, 0.15) is 51.3 Å². The Morgan fingerprint density at radius 3 is 2.18 bits per heavy atom. The summed E-state index contributed by atoms with van der Waals surface area (Å²) < 4.78 is 26.0. The van der Waals surface area contributed by atoms with E-state index in [4.69, 9.17) is 18.6 Å². The molecule has 1 aliphatic heterocycles. The van der Waals surface area contributed by atoms with Gasteiger partial charge in [0.15, 0.2) is 5.78 Å². The van der Waals surface area contributed by atoms with Crippen molar-refractivity contribution in [2.45, 2.75) is 64.3 Å². The molecule has 56 heavy (non-hydrogen) atoms. The Morgan fingerprint density at radius 1 is 0.982 bits per heavy atom. The van der Waals surface area contributed by atoms with Crippen molar-refractivity contribution in [1.82, 2.24) is 14.1 Å². The second kappa shape index (κ2) is 15.5. The fourth-order valence-corrected chi connectivity index (χ4v) is 12.6. The van der Waals surface area contributed by atoms with Crippen molar-refractivity contribution in [3.8, 4) is 16.5 Å². The Morgan fingerprint density at radius 2 is 1.61 bits per heavy atom. The molecule has 1 atom stereocenters. The molecule has 6 aromatic rings. The Kier molecular flexibility index (Phi) is 10.9. The summed E-state index contributed by atoms with van der Waals surface area (Å²) in [7, 11) is -2.04. The molecule has 1 N–H and O–H groups in total. The van der Waals surface area contributed by atoms with E-state index in [1.54, 1.807) is 27.9 Å². The van der Waals surface area contributed by atoms with Gasteiger partial charge in [-0.15, -0.1) is 11.3 Å². The minimum absolute atomic E-state index is 0.0129. The Hall–Kier alpha value is -4.92. The molecule has 1 aliphatic rings. The van der Waals surface area contributed by atoms with Crippen molar-refractivity contribution in [2.75, 3.05) is 26.9 Å². The summed E-state index contributed by atoms with van der Waals surface area (Å²) >= 11 is 1.23. The number of methoxy groups -OCH3 is 1. The zero-order valence-corrected chi connectivity index (χ0v) is 34.3. The van der Waals surface area contributed by atoms with Gasteiger partial charge in [0.2, 0.25) is 5.89 Å². The molecule has 0 radical (unpaired) electrons. The van der Waals surface area contributed by atoms with Crippen LogP contribution in [0.15, 0.2) is 111 Å². The summed E-state index contributed by atoms with van der Waals surface area (Å²) in [4.78, 5) is 63.0. The van der Waals surface area contributed by atoms with Gasteiger partial charge in [-0.3, -0.25) is 14.2 Å². The number of benzene rings is 3. The van der Waals surface area contributed by atoms with E-state index < -0.39 is 36.2 Å². The van der Waals surface area contributed by atoms with E-state index in [1.807, 2.05) is 98.8 Å². The van der Waals surface area contributed by atoms with Crippen LogP contribution in [0.25, 0.3) is 21.0 Å². The average Bonchev–Trinajstić information content (AvgIpc) is 3.83. The molecule has 0 aliphatic carbocycles. The molecule has 3 aromatic carbocycles. The van der Waals surface area contributed by atoms with E-state index in [0.717, 1.165) is 20.5 Å². The number of para-hydroxylation sites is 1. The van der Waals surface area contributed by atoms with Crippen LogP contribution in [0.5, 0.6) is 5.75 Å². The van der Waals surface area contributed by atoms with Gasteiger partial charge in [-0.2, -0.15) is 0 Å². The minimum atomic E-state index is -3.62. The lowest BCUT2D eigenvalue weighted by molar-refractivity contribution is -0.127. The number of ketones is 1. The van der Waals surface area contributed by atoms with Crippen molar-refractivity contribution in [3.05, 3.63) is 129 Å². The van der Waals surface area contributed by atoms with Crippen molar-refractivity contribution in [3.63, 3.8) is 0 Å². The van der Waals surface area contributed by atoms with Crippen LogP contribution in [0.2, 0.25) is 5.04 Å². The summed E-state index contributed by atoms with van der Waals surface area (Å²) in [6, 6.07) is 26.4. The predicted molar refractivity (Wildman–Crippen MR) is 220 cm³/mol. The average molecular weight is 794 g/mol. The summed E-state index contributed by atoms with van der Waals surface area (Å²) in [5.74, 6) is 0.745. The van der Waals surface area contributed by atoms with E-state index in [-0.39, 0.29) is 30.1 Å². The first-order valence-electron chi connectivity index (χ1n) is 18.7. The molecule has 0 bridgehead atoms. The largest absolute Gasteiger partial charge is 0.496 e. The normalized spacial score (nSPS) is 14.5. The predicted octanol–water partition coefficient (Wildman–Crippen LogP) is 5.83. The zero-order chi connectivity index (χ0) is 39.8. The summed E-state index contributed by atoms with van der Waals surface area (Å²) in [6.07, 6.45) is 2.21. The van der Waals surface area contributed by atoms with E-state index >= 15 is 4.79 Å². The first-order valence-corrected chi connectivity index (χ1v) is 21.4. The third kappa shape index (κ3) is 6.92. The Bertz CT molecular complexity index is 2410. The van der Waals surface area contributed by atoms with Crippen LogP contribution in [-0.2, 0) is 26.4 Å². The van der Waals surface area contributed by atoms with Gasteiger partial charge in [0.05, 0.1) is 49.9 Å². The number of hydrogen-bond donors (Lipinski definition) is 1. The van der Waals surface area contributed by atoms with Crippen LogP contribution in [-0.4, -0.2) is 59.9 Å². The number of fused-ring (bicyclic) bond motifs is 1. The second-order valence-corrected chi connectivity index (χ2v) is 20.5. The van der Waals surface area contributed by atoms with Gasteiger partial charge in [0.1, 0.15) is 28.5 Å². The van der Waals surface area contributed by atoms with Gasteiger partial charge in [-0.25, -0.2) is 14.3 Å². The molecule has 3 aromatic heterocycles. The van der Waals surface area contributed by atoms with Gasteiger partial charge >= 0.3 is 5.69 Å². The van der Waals surface area contributed by atoms with E-state index in [2.05, 4.69) is 4.98 Å². The molecule has 11 nitrogen and oxygen atoms in total.